The number of para-hydroxylation sites is 2. The molecule has 2 fully saturated rings. The Morgan fingerprint density at radius 2 is 1.89 bits per heavy atom. The molecule has 0 aliphatic carbocycles. The predicted molar refractivity (Wildman–Crippen MR) is 102 cm³/mol. The predicted octanol–water partition coefficient (Wildman–Crippen LogP) is 2.83. The number of hydrogen-bond donors (Lipinski definition) is 0. The summed E-state index contributed by atoms with van der Waals surface area (Å²) in [7, 11) is 0. The van der Waals surface area contributed by atoms with Crippen molar-refractivity contribution in [1.82, 2.24) is 9.80 Å². The van der Waals surface area contributed by atoms with E-state index in [4.69, 9.17) is 14.2 Å². The third kappa shape index (κ3) is 3.32. The zero-order valence-corrected chi connectivity index (χ0v) is 16.6. The fraction of sp³-hybridized carbons (Fsp3) is 0.619. The Morgan fingerprint density at radius 1 is 1.14 bits per heavy atom. The van der Waals surface area contributed by atoms with Crippen LogP contribution in [-0.2, 0) is 9.53 Å². The first-order valence-corrected chi connectivity index (χ1v) is 10.2. The molecular formula is C21H28N2O5. The number of cyclic esters (lactones) is 1. The summed E-state index contributed by atoms with van der Waals surface area (Å²) >= 11 is 0. The van der Waals surface area contributed by atoms with Crippen LogP contribution in [0.5, 0.6) is 11.5 Å². The molecule has 28 heavy (non-hydrogen) atoms. The Labute approximate surface area is 165 Å². The lowest BCUT2D eigenvalue weighted by Crippen LogP contribution is -2.53. The quantitative estimate of drug-likeness (QED) is 0.773. The van der Waals surface area contributed by atoms with Crippen molar-refractivity contribution < 1.29 is 23.8 Å². The minimum absolute atomic E-state index is 0.0692. The van der Waals surface area contributed by atoms with E-state index in [1.807, 2.05) is 38.1 Å². The molecule has 2 atom stereocenters. The standard InChI is InChI=1S/C21H28N2O5/c1-3-21(4-2)19(24)23(20(25)28-21)15-8-7-11-22(12-15)13-16-14-26-17-9-5-6-10-18(17)27-16/h5-6,9-10,15-16H,3-4,7-8,11-14H2,1-2H3. The highest BCUT2D eigenvalue weighted by molar-refractivity contribution is 6.03. The Hall–Kier alpha value is -2.28. The summed E-state index contributed by atoms with van der Waals surface area (Å²) in [5, 5.41) is 0. The van der Waals surface area contributed by atoms with E-state index in [9.17, 15) is 9.59 Å². The normalized spacial score (nSPS) is 27.0. The number of piperidine rings is 1. The highest BCUT2D eigenvalue weighted by Crippen LogP contribution is 2.34. The van der Waals surface area contributed by atoms with Crippen LogP contribution >= 0.6 is 0 Å². The molecule has 0 aromatic heterocycles. The number of fused-ring (bicyclic) bond motifs is 1. The van der Waals surface area contributed by atoms with Crippen molar-refractivity contribution in [2.75, 3.05) is 26.2 Å². The number of ether oxygens (including phenoxy) is 3. The number of carbonyl (C=O) groups is 2. The summed E-state index contributed by atoms with van der Waals surface area (Å²) in [6.07, 6.45) is 2.19. The molecule has 7 heteroatoms. The van der Waals surface area contributed by atoms with Gasteiger partial charge in [-0.25, -0.2) is 9.69 Å². The molecule has 0 spiro atoms. The average Bonchev–Trinajstić information content (AvgIpc) is 2.98. The van der Waals surface area contributed by atoms with Gasteiger partial charge in [0.2, 0.25) is 0 Å². The molecule has 3 aliphatic rings. The third-order valence-corrected chi connectivity index (χ3v) is 6.11. The number of rotatable bonds is 5. The van der Waals surface area contributed by atoms with Gasteiger partial charge in [0.25, 0.3) is 5.91 Å². The number of carbonyl (C=O) groups excluding carboxylic acids is 2. The maximum Gasteiger partial charge on any atom is 0.418 e. The van der Waals surface area contributed by atoms with Gasteiger partial charge in [-0.1, -0.05) is 26.0 Å². The number of hydrogen-bond acceptors (Lipinski definition) is 6. The largest absolute Gasteiger partial charge is 0.486 e. The lowest BCUT2D eigenvalue weighted by atomic mass is 9.95. The maximum absolute atomic E-state index is 13.0. The summed E-state index contributed by atoms with van der Waals surface area (Å²) in [4.78, 5) is 29.0. The molecular weight excluding hydrogens is 360 g/mol. The van der Waals surface area contributed by atoms with E-state index < -0.39 is 11.7 Å². The molecule has 1 aromatic rings. The molecule has 0 N–H and O–H groups in total. The van der Waals surface area contributed by atoms with E-state index in [0.29, 0.717) is 32.5 Å². The lowest BCUT2D eigenvalue weighted by molar-refractivity contribution is -0.139. The van der Waals surface area contributed by atoms with Crippen LogP contribution in [0.1, 0.15) is 39.5 Å². The first-order valence-electron chi connectivity index (χ1n) is 10.2. The smallest absolute Gasteiger partial charge is 0.418 e. The van der Waals surface area contributed by atoms with Crippen molar-refractivity contribution in [3.05, 3.63) is 24.3 Å². The first kappa shape index (κ1) is 19.1. The Balaban J connectivity index is 1.40. The van der Waals surface area contributed by atoms with E-state index in [0.717, 1.165) is 30.9 Å². The Kier molecular flexibility index (Phi) is 5.19. The van der Waals surface area contributed by atoms with Crippen molar-refractivity contribution >= 4 is 12.0 Å². The summed E-state index contributed by atoms with van der Waals surface area (Å²) in [5.74, 6) is 1.36. The van der Waals surface area contributed by atoms with E-state index in [-0.39, 0.29) is 18.1 Å². The molecule has 4 rings (SSSR count). The molecule has 2 saturated heterocycles. The number of imide groups is 1. The molecule has 2 amide bonds. The van der Waals surface area contributed by atoms with Gasteiger partial charge in [0.15, 0.2) is 17.1 Å². The van der Waals surface area contributed by atoms with Gasteiger partial charge in [-0.05, 0) is 44.4 Å². The van der Waals surface area contributed by atoms with Crippen molar-refractivity contribution in [1.29, 1.82) is 0 Å². The van der Waals surface area contributed by atoms with Gasteiger partial charge in [-0.2, -0.15) is 0 Å². The Bertz CT molecular complexity index is 748. The van der Waals surface area contributed by atoms with E-state index in [2.05, 4.69) is 4.90 Å². The molecule has 3 heterocycles. The lowest BCUT2D eigenvalue weighted by Gasteiger charge is -2.38. The number of benzene rings is 1. The summed E-state index contributed by atoms with van der Waals surface area (Å²) in [6.45, 7) is 6.55. The van der Waals surface area contributed by atoms with Crippen LogP contribution in [0.15, 0.2) is 24.3 Å². The van der Waals surface area contributed by atoms with Gasteiger partial charge < -0.3 is 14.2 Å². The van der Waals surface area contributed by atoms with Crippen molar-refractivity contribution in [2.24, 2.45) is 0 Å². The second-order valence-electron chi connectivity index (χ2n) is 7.80. The molecule has 0 bridgehead atoms. The SMILES string of the molecule is CCC1(CC)OC(=O)N(C2CCCN(CC3COc4ccccc4O3)C2)C1=O. The summed E-state index contributed by atoms with van der Waals surface area (Å²) < 4.78 is 17.4. The number of nitrogens with zero attached hydrogens (tertiary/aromatic N) is 2. The van der Waals surface area contributed by atoms with Gasteiger partial charge >= 0.3 is 6.09 Å². The van der Waals surface area contributed by atoms with E-state index in [1.165, 1.54) is 4.90 Å². The topological polar surface area (TPSA) is 68.3 Å². The van der Waals surface area contributed by atoms with Crippen LogP contribution in [0.2, 0.25) is 0 Å². The Morgan fingerprint density at radius 3 is 2.61 bits per heavy atom. The monoisotopic (exact) mass is 388 g/mol. The van der Waals surface area contributed by atoms with Crippen LogP contribution in [0.3, 0.4) is 0 Å². The van der Waals surface area contributed by atoms with Crippen LogP contribution in [-0.4, -0.2) is 65.8 Å². The number of amides is 2. The molecule has 7 nitrogen and oxygen atoms in total. The zero-order chi connectivity index (χ0) is 19.7. The second kappa shape index (κ2) is 7.62. The van der Waals surface area contributed by atoms with Gasteiger partial charge in [-0.3, -0.25) is 9.69 Å². The van der Waals surface area contributed by atoms with E-state index >= 15 is 0 Å². The van der Waals surface area contributed by atoms with Crippen LogP contribution in [0, 0.1) is 0 Å². The van der Waals surface area contributed by atoms with Crippen molar-refractivity contribution in [2.45, 2.75) is 57.3 Å². The van der Waals surface area contributed by atoms with Crippen molar-refractivity contribution in [3.8, 4) is 11.5 Å². The van der Waals surface area contributed by atoms with Crippen LogP contribution in [0.4, 0.5) is 4.79 Å². The average molecular weight is 388 g/mol. The third-order valence-electron chi connectivity index (χ3n) is 6.11. The molecule has 3 aliphatic heterocycles. The zero-order valence-electron chi connectivity index (χ0n) is 16.6. The molecule has 0 radical (unpaired) electrons. The first-order chi connectivity index (χ1) is 13.6. The van der Waals surface area contributed by atoms with Gasteiger partial charge in [0, 0.05) is 13.1 Å². The fourth-order valence-corrected chi connectivity index (χ4v) is 4.42. The van der Waals surface area contributed by atoms with Crippen molar-refractivity contribution in [3.63, 3.8) is 0 Å². The second-order valence-corrected chi connectivity index (χ2v) is 7.80. The highest BCUT2D eigenvalue weighted by atomic mass is 16.6. The maximum atomic E-state index is 13.0. The summed E-state index contributed by atoms with van der Waals surface area (Å²) in [6, 6.07) is 7.52. The summed E-state index contributed by atoms with van der Waals surface area (Å²) in [5.41, 5.74) is -0.983. The van der Waals surface area contributed by atoms with Gasteiger partial charge in [0.1, 0.15) is 12.7 Å². The van der Waals surface area contributed by atoms with E-state index in [1.54, 1.807) is 0 Å². The highest BCUT2D eigenvalue weighted by Gasteiger charge is 2.54. The minimum Gasteiger partial charge on any atom is -0.486 e. The molecule has 0 saturated carbocycles. The van der Waals surface area contributed by atoms with Crippen LogP contribution in [0.25, 0.3) is 0 Å². The van der Waals surface area contributed by atoms with Gasteiger partial charge in [0.05, 0.1) is 6.04 Å². The minimum atomic E-state index is -0.983. The number of likely N-dealkylation sites (tertiary alicyclic amines) is 1. The fourth-order valence-electron chi connectivity index (χ4n) is 4.42. The molecule has 1 aromatic carbocycles. The van der Waals surface area contributed by atoms with Crippen LogP contribution < -0.4 is 9.47 Å². The van der Waals surface area contributed by atoms with Gasteiger partial charge in [-0.15, -0.1) is 0 Å². The molecule has 152 valence electrons. The molecule has 2 unspecified atom stereocenters.